The van der Waals surface area contributed by atoms with Crippen molar-refractivity contribution in [2.45, 2.75) is 32.7 Å². The van der Waals surface area contributed by atoms with Crippen LogP contribution in [0.4, 0.5) is 5.13 Å². The van der Waals surface area contributed by atoms with Crippen molar-refractivity contribution in [2.24, 2.45) is 0 Å². The van der Waals surface area contributed by atoms with Gasteiger partial charge in [0.05, 0.1) is 23.9 Å². The van der Waals surface area contributed by atoms with Gasteiger partial charge in [0.1, 0.15) is 17.2 Å². The van der Waals surface area contributed by atoms with Gasteiger partial charge in [-0.15, -0.1) is 0 Å². The van der Waals surface area contributed by atoms with Gasteiger partial charge in [0.2, 0.25) is 0 Å². The van der Waals surface area contributed by atoms with Crippen molar-refractivity contribution in [2.75, 3.05) is 18.1 Å². The zero-order valence-corrected chi connectivity index (χ0v) is 23.1. The Morgan fingerprint density at radius 2 is 1.95 bits per heavy atom. The van der Waals surface area contributed by atoms with Gasteiger partial charge in [0.15, 0.2) is 16.7 Å². The van der Waals surface area contributed by atoms with Gasteiger partial charge in [0.25, 0.3) is 5.91 Å². The van der Waals surface area contributed by atoms with Gasteiger partial charge < -0.3 is 14.6 Å². The van der Waals surface area contributed by atoms with Crippen LogP contribution in [0, 0.1) is 6.92 Å². The van der Waals surface area contributed by atoms with E-state index in [2.05, 4.69) is 18.5 Å². The van der Waals surface area contributed by atoms with Crippen molar-refractivity contribution in [1.29, 1.82) is 0 Å². The average molecular weight is 559 g/mol. The number of ketones is 1. The maximum absolute atomic E-state index is 13.5. The Labute approximate surface area is 236 Å². The van der Waals surface area contributed by atoms with Crippen molar-refractivity contribution in [3.63, 3.8) is 0 Å². The van der Waals surface area contributed by atoms with Gasteiger partial charge in [-0.2, -0.15) is 0 Å². The van der Waals surface area contributed by atoms with E-state index in [1.807, 2.05) is 30.3 Å². The number of esters is 1. The Balaban J connectivity index is 1.77. The fraction of sp³-hybridized carbons (Fsp3) is 0.226. The average Bonchev–Trinajstić information content (AvgIpc) is 3.47. The fourth-order valence-corrected chi connectivity index (χ4v) is 5.17. The molecular weight excluding hydrogens is 528 g/mol. The van der Waals surface area contributed by atoms with Gasteiger partial charge in [-0.1, -0.05) is 85.9 Å². The maximum Gasteiger partial charge on any atom is 0.350 e. The Bertz CT molecular complexity index is 1470. The molecule has 0 bridgehead atoms. The SMILES string of the molecule is C=CCOC(=O)c1sc(N2C(=O)C(O)=C(C(=O)C=Cc3ccccc3)C2c2cccc(OCCCC)c2)nc1C. The third-order valence-corrected chi connectivity index (χ3v) is 7.29. The number of anilines is 1. The summed E-state index contributed by atoms with van der Waals surface area (Å²) in [6.45, 7) is 7.78. The summed E-state index contributed by atoms with van der Waals surface area (Å²) in [4.78, 5) is 45.5. The number of unbranched alkanes of at least 4 members (excludes halogenated alkanes) is 1. The summed E-state index contributed by atoms with van der Waals surface area (Å²) in [5.41, 5.74) is 1.61. The summed E-state index contributed by atoms with van der Waals surface area (Å²) < 4.78 is 11.0. The zero-order valence-electron chi connectivity index (χ0n) is 22.3. The van der Waals surface area contributed by atoms with E-state index >= 15 is 0 Å². The number of hydrogen-bond acceptors (Lipinski definition) is 8. The number of nitrogens with zero attached hydrogens (tertiary/aromatic N) is 2. The number of allylic oxidation sites excluding steroid dienone is 1. The topological polar surface area (TPSA) is 106 Å². The highest BCUT2D eigenvalue weighted by molar-refractivity contribution is 7.17. The molecule has 3 aromatic rings. The number of aromatic nitrogens is 1. The summed E-state index contributed by atoms with van der Waals surface area (Å²) >= 11 is 0.951. The molecule has 40 heavy (non-hydrogen) atoms. The molecule has 0 aliphatic carbocycles. The number of aryl methyl sites for hydroxylation is 1. The maximum atomic E-state index is 13.5. The van der Waals surface area contributed by atoms with Crippen LogP contribution in [0.5, 0.6) is 5.75 Å². The van der Waals surface area contributed by atoms with Crippen LogP contribution in [0.3, 0.4) is 0 Å². The summed E-state index contributed by atoms with van der Waals surface area (Å²) in [5.74, 6) is -2.03. The van der Waals surface area contributed by atoms with Gasteiger partial charge >= 0.3 is 5.97 Å². The molecule has 0 spiro atoms. The second-order valence-electron chi connectivity index (χ2n) is 9.02. The third kappa shape index (κ3) is 6.21. The Hall–Kier alpha value is -4.50. The molecule has 0 saturated heterocycles. The number of aliphatic hydroxyl groups is 1. The van der Waals surface area contributed by atoms with E-state index in [4.69, 9.17) is 9.47 Å². The van der Waals surface area contributed by atoms with Crippen LogP contribution >= 0.6 is 11.3 Å². The minimum Gasteiger partial charge on any atom is -0.503 e. The van der Waals surface area contributed by atoms with Gasteiger partial charge in [0, 0.05) is 0 Å². The van der Waals surface area contributed by atoms with Crippen molar-refractivity contribution < 1.29 is 29.0 Å². The molecule has 0 radical (unpaired) electrons. The standard InChI is InChI=1S/C31H30N2O6S/c1-4-6-18-38-23-14-10-13-22(19-23)26-25(24(34)16-15-21-11-8-7-9-12-21)27(35)29(36)33(26)31-32-20(3)28(40-31)30(37)39-17-5-2/h5,7-16,19,26,35H,2,4,6,17-18H2,1,3H3. The number of hydrogen-bond donors (Lipinski definition) is 1. The van der Waals surface area contributed by atoms with E-state index in [9.17, 15) is 19.5 Å². The monoisotopic (exact) mass is 558 g/mol. The zero-order chi connectivity index (χ0) is 28.6. The third-order valence-electron chi connectivity index (χ3n) is 6.15. The summed E-state index contributed by atoms with van der Waals surface area (Å²) in [6, 6.07) is 15.3. The molecule has 0 saturated carbocycles. The fourth-order valence-electron chi connectivity index (χ4n) is 4.18. The molecule has 4 rings (SSSR count). The quantitative estimate of drug-likeness (QED) is 0.123. The molecule has 1 aliphatic heterocycles. The Morgan fingerprint density at radius 1 is 1.18 bits per heavy atom. The van der Waals surface area contributed by atoms with Gasteiger partial charge in [-0.05, 0) is 42.7 Å². The molecule has 1 aromatic heterocycles. The first kappa shape index (κ1) is 28.5. The number of thiazole rings is 1. The van der Waals surface area contributed by atoms with Crippen LogP contribution in [0.1, 0.15) is 52.3 Å². The van der Waals surface area contributed by atoms with E-state index in [0.29, 0.717) is 23.6 Å². The molecule has 9 heteroatoms. The predicted molar refractivity (Wildman–Crippen MR) is 155 cm³/mol. The van der Waals surface area contributed by atoms with E-state index in [-0.39, 0.29) is 22.2 Å². The van der Waals surface area contributed by atoms with Crippen LogP contribution in [0.25, 0.3) is 6.08 Å². The molecule has 1 aliphatic rings. The van der Waals surface area contributed by atoms with E-state index < -0.39 is 29.5 Å². The second-order valence-corrected chi connectivity index (χ2v) is 10.00. The lowest BCUT2D eigenvalue weighted by Gasteiger charge is -2.24. The number of carbonyl (C=O) groups excluding carboxylic acids is 3. The highest BCUT2D eigenvalue weighted by atomic mass is 32.1. The largest absolute Gasteiger partial charge is 0.503 e. The number of rotatable bonds is 12. The molecule has 8 nitrogen and oxygen atoms in total. The van der Waals surface area contributed by atoms with Crippen molar-refractivity contribution in [1.82, 2.24) is 4.98 Å². The molecule has 0 fully saturated rings. The predicted octanol–water partition coefficient (Wildman–Crippen LogP) is 6.16. The molecule has 2 heterocycles. The second kappa shape index (κ2) is 13.0. The highest BCUT2D eigenvalue weighted by Crippen LogP contribution is 2.43. The van der Waals surface area contributed by atoms with Crippen molar-refractivity contribution >= 4 is 40.2 Å². The highest BCUT2D eigenvalue weighted by Gasteiger charge is 2.45. The lowest BCUT2D eigenvalue weighted by atomic mass is 9.95. The molecule has 2 aromatic carbocycles. The van der Waals surface area contributed by atoms with E-state index in [1.165, 1.54) is 17.1 Å². The minimum absolute atomic E-state index is 0.0241. The Morgan fingerprint density at radius 3 is 2.67 bits per heavy atom. The summed E-state index contributed by atoms with van der Waals surface area (Å²) in [7, 11) is 0. The summed E-state index contributed by atoms with van der Waals surface area (Å²) in [6.07, 6.45) is 6.24. The number of carbonyl (C=O) groups is 3. The van der Waals surface area contributed by atoms with Crippen LogP contribution in [-0.4, -0.2) is 41.0 Å². The number of ether oxygens (including phenoxy) is 2. The Kier molecular flexibility index (Phi) is 9.29. The van der Waals surface area contributed by atoms with Crippen LogP contribution in [-0.2, 0) is 14.3 Å². The minimum atomic E-state index is -1.00. The number of benzene rings is 2. The summed E-state index contributed by atoms with van der Waals surface area (Å²) in [5, 5.41) is 11.2. The molecule has 1 atom stereocenters. The molecule has 1 N–H and O–H groups in total. The smallest absolute Gasteiger partial charge is 0.350 e. The van der Waals surface area contributed by atoms with Gasteiger partial charge in [-0.3, -0.25) is 14.5 Å². The van der Waals surface area contributed by atoms with E-state index in [0.717, 1.165) is 29.7 Å². The molecular formula is C31H30N2O6S. The first-order valence-corrected chi connectivity index (χ1v) is 13.7. The van der Waals surface area contributed by atoms with Crippen LogP contribution in [0.15, 0.2) is 84.7 Å². The van der Waals surface area contributed by atoms with Crippen LogP contribution in [0.2, 0.25) is 0 Å². The lowest BCUT2D eigenvalue weighted by Crippen LogP contribution is -2.30. The van der Waals surface area contributed by atoms with Crippen LogP contribution < -0.4 is 9.64 Å². The molecule has 1 amide bonds. The van der Waals surface area contributed by atoms with Crippen molar-refractivity contribution in [3.05, 3.63) is 106 Å². The van der Waals surface area contributed by atoms with Gasteiger partial charge in [-0.25, -0.2) is 9.78 Å². The first-order chi connectivity index (χ1) is 19.3. The first-order valence-electron chi connectivity index (χ1n) is 12.9. The number of aliphatic hydroxyl groups excluding tert-OH is 1. The van der Waals surface area contributed by atoms with Crippen molar-refractivity contribution in [3.8, 4) is 5.75 Å². The van der Waals surface area contributed by atoms with E-state index in [1.54, 1.807) is 37.3 Å². The number of amides is 1. The normalized spacial score (nSPS) is 15.1. The lowest BCUT2D eigenvalue weighted by molar-refractivity contribution is -0.117. The molecule has 206 valence electrons. The molecule has 1 unspecified atom stereocenters.